The fraction of sp³-hybridized carbons (Fsp3) is 0.778. The first-order valence-corrected chi connectivity index (χ1v) is 6.21. The molecular formula is C9H15O2P. The first-order valence-electron chi connectivity index (χ1n) is 4.21. The summed E-state index contributed by atoms with van der Waals surface area (Å²) in [4.78, 5) is 0. The van der Waals surface area contributed by atoms with Gasteiger partial charge in [-0.05, 0) is 12.3 Å². The van der Waals surface area contributed by atoms with E-state index in [1.165, 1.54) is 7.11 Å². The highest BCUT2D eigenvalue weighted by atomic mass is 31.2. The van der Waals surface area contributed by atoms with Gasteiger partial charge in [-0.1, -0.05) is 6.92 Å². The summed E-state index contributed by atoms with van der Waals surface area (Å²) in [6.07, 6.45) is 7.54. The average Bonchev–Trinajstić information content (AvgIpc) is 2.10. The van der Waals surface area contributed by atoms with Crippen molar-refractivity contribution in [2.45, 2.75) is 13.3 Å². The molecule has 1 aliphatic heterocycles. The van der Waals surface area contributed by atoms with Gasteiger partial charge in [-0.2, -0.15) is 0 Å². The first-order chi connectivity index (χ1) is 5.61. The van der Waals surface area contributed by atoms with Crippen molar-refractivity contribution in [1.82, 2.24) is 0 Å². The third-order valence-electron chi connectivity index (χ3n) is 2.63. The lowest BCUT2D eigenvalue weighted by Gasteiger charge is -2.30. The maximum absolute atomic E-state index is 11.8. The van der Waals surface area contributed by atoms with Gasteiger partial charge in [-0.15, -0.1) is 12.3 Å². The summed E-state index contributed by atoms with van der Waals surface area (Å²) >= 11 is 0. The Balaban J connectivity index is 2.69. The number of terminal acetylenes is 1. The molecule has 0 aromatic heterocycles. The molecule has 0 aromatic rings. The fourth-order valence-electron chi connectivity index (χ4n) is 1.56. The molecule has 1 saturated heterocycles. The molecule has 0 saturated carbocycles. The quantitative estimate of drug-likeness (QED) is 0.463. The van der Waals surface area contributed by atoms with E-state index >= 15 is 0 Å². The van der Waals surface area contributed by atoms with Crippen molar-refractivity contribution in [2.24, 2.45) is 11.8 Å². The van der Waals surface area contributed by atoms with Crippen LogP contribution in [0.5, 0.6) is 0 Å². The molecular weight excluding hydrogens is 171 g/mol. The van der Waals surface area contributed by atoms with E-state index in [4.69, 9.17) is 10.9 Å². The minimum atomic E-state index is -2.35. The van der Waals surface area contributed by atoms with Crippen molar-refractivity contribution < 1.29 is 9.09 Å². The highest BCUT2D eigenvalue weighted by Gasteiger charge is 2.34. The molecule has 3 unspecified atom stereocenters. The van der Waals surface area contributed by atoms with E-state index in [1.807, 2.05) is 0 Å². The Morgan fingerprint density at radius 2 is 2.33 bits per heavy atom. The van der Waals surface area contributed by atoms with Crippen LogP contribution in [0.4, 0.5) is 0 Å². The van der Waals surface area contributed by atoms with Crippen LogP contribution in [0, 0.1) is 24.2 Å². The van der Waals surface area contributed by atoms with Gasteiger partial charge >= 0.3 is 0 Å². The molecule has 0 aliphatic carbocycles. The zero-order chi connectivity index (χ0) is 9.19. The summed E-state index contributed by atoms with van der Waals surface area (Å²) in [6, 6.07) is 0. The van der Waals surface area contributed by atoms with Crippen molar-refractivity contribution in [2.75, 3.05) is 19.4 Å². The topological polar surface area (TPSA) is 26.3 Å². The molecule has 1 rings (SSSR count). The Hall–Kier alpha value is -0.250. The summed E-state index contributed by atoms with van der Waals surface area (Å²) < 4.78 is 16.8. The molecule has 68 valence electrons. The molecule has 3 atom stereocenters. The molecule has 3 heteroatoms. The normalized spacial score (nSPS) is 42.1. The predicted octanol–water partition coefficient (Wildman–Crippen LogP) is 2.20. The lowest BCUT2D eigenvalue weighted by Crippen LogP contribution is -2.22. The number of hydrogen-bond donors (Lipinski definition) is 0. The van der Waals surface area contributed by atoms with Gasteiger partial charge in [0.15, 0.2) is 0 Å². The van der Waals surface area contributed by atoms with Gasteiger partial charge in [0.1, 0.15) is 0 Å². The largest absolute Gasteiger partial charge is 0.332 e. The molecule has 1 heterocycles. The van der Waals surface area contributed by atoms with Crippen LogP contribution in [0.2, 0.25) is 0 Å². The van der Waals surface area contributed by atoms with Crippen LogP contribution in [0.25, 0.3) is 0 Å². The van der Waals surface area contributed by atoms with E-state index in [9.17, 15) is 4.57 Å². The van der Waals surface area contributed by atoms with Crippen molar-refractivity contribution >= 4 is 7.37 Å². The second-order valence-corrected chi connectivity index (χ2v) is 6.25. The van der Waals surface area contributed by atoms with Crippen molar-refractivity contribution in [3.63, 3.8) is 0 Å². The van der Waals surface area contributed by atoms with Crippen LogP contribution in [-0.4, -0.2) is 19.4 Å². The second-order valence-electron chi connectivity index (χ2n) is 3.44. The van der Waals surface area contributed by atoms with Crippen LogP contribution in [0.3, 0.4) is 0 Å². The van der Waals surface area contributed by atoms with Gasteiger partial charge in [-0.25, -0.2) is 0 Å². The minimum absolute atomic E-state index is 0.143. The Kier molecular flexibility index (Phi) is 2.99. The first kappa shape index (κ1) is 9.84. The second kappa shape index (κ2) is 3.64. The molecule has 2 nitrogen and oxygen atoms in total. The molecule has 1 aliphatic rings. The van der Waals surface area contributed by atoms with Crippen LogP contribution >= 0.6 is 7.37 Å². The van der Waals surface area contributed by atoms with E-state index in [-0.39, 0.29) is 5.92 Å². The molecule has 0 radical (unpaired) electrons. The third-order valence-corrected chi connectivity index (χ3v) is 5.19. The van der Waals surface area contributed by atoms with Crippen molar-refractivity contribution in [3.8, 4) is 12.3 Å². The Morgan fingerprint density at radius 3 is 2.83 bits per heavy atom. The summed E-state index contributed by atoms with van der Waals surface area (Å²) in [6.45, 7) is 2.11. The van der Waals surface area contributed by atoms with E-state index in [1.54, 1.807) is 0 Å². The lowest BCUT2D eigenvalue weighted by atomic mass is 9.94. The maximum Gasteiger partial charge on any atom is 0.204 e. The standard InChI is InChI=1S/C9H15O2P/c1-4-9-7-12(10,11-3)6-5-8(9)2/h1,8-9H,5-7H2,2-3H3. The van der Waals surface area contributed by atoms with Gasteiger partial charge in [-0.3, -0.25) is 4.57 Å². The number of rotatable bonds is 1. The van der Waals surface area contributed by atoms with Gasteiger partial charge in [0.2, 0.25) is 7.37 Å². The molecule has 1 fully saturated rings. The summed E-state index contributed by atoms with van der Waals surface area (Å²) in [5, 5.41) is 0. The van der Waals surface area contributed by atoms with Gasteiger partial charge in [0.25, 0.3) is 0 Å². The zero-order valence-electron chi connectivity index (χ0n) is 7.62. The van der Waals surface area contributed by atoms with E-state index < -0.39 is 7.37 Å². The van der Waals surface area contributed by atoms with E-state index in [0.29, 0.717) is 18.2 Å². The fourth-order valence-corrected chi connectivity index (χ4v) is 3.93. The molecule has 0 aromatic carbocycles. The Morgan fingerprint density at radius 1 is 1.67 bits per heavy atom. The Labute approximate surface area is 74.1 Å². The van der Waals surface area contributed by atoms with Crippen LogP contribution in [0.15, 0.2) is 0 Å². The van der Waals surface area contributed by atoms with Gasteiger partial charge < -0.3 is 4.52 Å². The molecule has 0 spiro atoms. The summed E-state index contributed by atoms with van der Waals surface area (Å²) in [5.74, 6) is 3.33. The molecule has 12 heavy (non-hydrogen) atoms. The van der Waals surface area contributed by atoms with E-state index in [0.717, 1.165) is 6.42 Å². The Bertz CT molecular complexity index is 241. The van der Waals surface area contributed by atoms with Crippen molar-refractivity contribution in [1.29, 1.82) is 0 Å². The van der Waals surface area contributed by atoms with E-state index in [2.05, 4.69) is 12.8 Å². The average molecular weight is 186 g/mol. The number of hydrogen-bond acceptors (Lipinski definition) is 2. The highest BCUT2D eigenvalue weighted by Crippen LogP contribution is 2.53. The highest BCUT2D eigenvalue weighted by molar-refractivity contribution is 7.59. The van der Waals surface area contributed by atoms with Crippen LogP contribution in [0.1, 0.15) is 13.3 Å². The van der Waals surface area contributed by atoms with Crippen LogP contribution in [-0.2, 0) is 9.09 Å². The minimum Gasteiger partial charge on any atom is -0.332 e. The SMILES string of the molecule is C#CC1CP(=O)(OC)CCC1C. The monoisotopic (exact) mass is 186 g/mol. The molecule has 0 N–H and O–H groups in total. The smallest absolute Gasteiger partial charge is 0.204 e. The molecule has 0 bridgehead atoms. The van der Waals surface area contributed by atoms with Crippen LogP contribution < -0.4 is 0 Å². The third kappa shape index (κ3) is 1.91. The van der Waals surface area contributed by atoms with Gasteiger partial charge in [0.05, 0.1) is 0 Å². The predicted molar refractivity (Wildman–Crippen MR) is 50.5 cm³/mol. The lowest BCUT2D eigenvalue weighted by molar-refractivity contribution is 0.350. The molecule has 0 amide bonds. The maximum atomic E-state index is 11.8. The zero-order valence-corrected chi connectivity index (χ0v) is 8.51. The van der Waals surface area contributed by atoms with Gasteiger partial charge in [0, 0.05) is 25.4 Å². The van der Waals surface area contributed by atoms with Crippen molar-refractivity contribution in [3.05, 3.63) is 0 Å². The summed E-state index contributed by atoms with van der Waals surface area (Å²) in [7, 11) is -0.829. The summed E-state index contributed by atoms with van der Waals surface area (Å²) in [5.41, 5.74) is 0.